The zero-order valence-corrected chi connectivity index (χ0v) is 19.9. The Bertz CT molecular complexity index is 1210. The van der Waals surface area contributed by atoms with Crippen molar-refractivity contribution in [1.29, 1.82) is 0 Å². The number of β-lactam (4-membered cyclic amide) rings is 1. The maximum Gasteiger partial charge on any atom is 0.356 e. The Kier molecular flexibility index (Phi) is 5.36. The second-order valence-corrected chi connectivity index (χ2v) is 10.6. The van der Waals surface area contributed by atoms with Crippen LogP contribution in [0.3, 0.4) is 0 Å². The van der Waals surface area contributed by atoms with Crippen molar-refractivity contribution in [3.05, 3.63) is 76.3 Å². The average molecular weight is 477 g/mol. The van der Waals surface area contributed by atoms with E-state index in [2.05, 4.69) is 0 Å². The second kappa shape index (κ2) is 8.13. The highest BCUT2D eigenvalue weighted by Gasteiger charge is 2.59. The molecule has 1 fully saturated rings. The SMILES string of the molecule is CC(C)(C)OC(=O)C1=C(Sc2ccccc2)CCC2C(N3C(=O)c4ccccc4C3=O)C(=O)N12. The summed E-state index contributed by atoms with van der Waals surface area (Å²) in [5.41, 5.74) is 0.0727. The Labute approximate surface area is 201 Å². The van der Waals surface area contributed by atoms with E-state index in [1.165, 1.54) is 16.7 Å². The lowest BCUT2D eigenvalue weighted by atomic mass is 9.85. The molecule has 2 unspecified atom stereocenters. The third kappa shape index (κ3) is 3.62. The number of esters is 1. The summed E-state index contributed by atoms with van der Waals surface area (Å²) in [7, 11) is 0. The van der Waals surface area contributed by atoms with E-state index in [9.17, 15) is 19.2 Å². The van der Waals surface area contributed by atoms with Gasteiger partial charge in [-0.25, -0.2) is 4.79 Å². The summed E-state index contributed by atoms with van der Waals surface area (Å²) >= 11 is 1.43. The standard InChI is InChI=1S/C26H24N2O5S/c1-26(2,3)33-25(32)21-19(34-15-9-5-4-6-10-15)14-13-18-20(24(31)27(18)21)28-22(29)16-11-7-8-12-17(16)23(28)30/h4-12,18,20H,13-14H2,1-3H3. The molecule has 3 heterocycles. The summed E-state index contributed by atoms with van der Waals surface area (Å²) < 4.78 is 5.65. The first-order valence-electron chi connectivity index (χ1n) is 11.2. The number of hydrogen-bond donors (Lipinski definition) is 0. The van der Waals surface area contributed by atoms with Crippen LogP contribution in [0.1, 0.15) is 54.3 Å². The van der Waals surface area contributed by atoms with Crippen LogP contribution < -0.4 is 0 Å². The Morgan fingerprint density at radius 2 is 1.50 bits per heavy atom. The number of allylic oxidation sites excluding steroid dienone is 1. The summed E-state index contributed by atoms with van der Waals surface area (Å²) in [5.74, 6) is -1.95. The first-order chi connectivity index (χ1) is 16.2. The van der Waals surface area contributed by atoms with Gasteiger partial charge in [-0.15, -0.1) is 0 Å². The van der Waals surface area contributed by atoms with Gasteiger partial charge in [-0.05, 0) is 57.9 Å². The number of nitrogens with zero attached hydrogens (tertiary/aromatic N) is 2. The minimum absolute atomic E-state index is 0.206. The van der Waals surface area contributed by atoms with Crippen LogP contribution in [-0.4, -0.2) is 51.2 Å². The number of hydrogen-bond acceptors (Lipinski definition) is 6. The molecule has 0 aliphatic carbocycles. The van der Waals surface area contributed by atoms with Gasteiger partial charge in [-0.1, -0.05) is 42.1 Å². The Hall–Kier alpha value is -3.39. The van der Waals surface area contributed by atoms with Crippen molar-refractivity contribution in [2.24, 2.45) is 0 Å². The molecule has 2 aromatic rings. The summed E-state index contributed by atoms with van der Waals surface area (Å²) in [6.45, 7) is 5.32. The molecule has 0 spiro atoms. The van der Waals surface area contributed by atoms with Gasteiger partial charge in [-0.2, -0.15) is 0 Å². The fraction of sp³-hybridized carbons (Fsp3) is 0.308. The largest absolute Gasteiger partial charge is 0.455 e. The van der Waals surface area contributed by atoms with Gasteiger partial charge in [0.05, 0.1) is 17.2 Å². The van der Waals surface area contributed by atoms with Crippen molar-refractivity contribution in [3.63, 3.8) is 0 Å². The van der Waals surface area contributed by atoms with Gasteiger partial charge in [0.15, 0.2) is 0 Å². The Morgan fingerprint density at radius 3 is 2.09 bits per heavy atom. The minimum Gasteiger partial charge on any atom is -0.455 e. The van der Waals surface area contributed by atoms with E-state index in [4.69, 9.17) is 4.74 Å². The maximum absolute atomic E-state index is 13.4. The zero-order valence-electron chi connectivity index (χ0n) is 19.1. The highest BCUT2D eigenvalue weighted by atomic mass is 32.2. The van der Waals surface area contributed by atoms with E-state index < -0.39 is 41.4 Å². The second-order valence-electron chi connectivity index (χ2n) is 9.47. The van der Waals surface area contributed by atoms with E-state index in [0.29, 0.717) is 24.0 Å². The molecule has 0 aromatic heterocycles. The van der Waals surface area contributed by atoms with Gasteiger partial charge >= 0.3 is 5.97 Å². The van der Waals surface area contributed by atoms with Crippen molar-refractivity contribution in [2.45, 2.75) is 56.2 Å². The molecule has 0 saturated carbocycles. The predicted molar refractivity (Wildman–Crippen MR) is 126 cm³/mol. The quantitative estimate of drug-likeness (QED) is 0.377. The highest BCUT2D eigenvalue weighted by Crippen LogP contribution is 2.46. The average Bonchev–Trinajstić information content (AvgIpc) is 3.04. The number of imide groups is 1. The Morgan fingerprint density at radius 1 is 0.912 bits per heavy atom. The molecule has 0 bridgehead atoms. The summed E-state index contributed by atoms with van der Waals surface area (Å²) in [5, 5.41) is 0. The fourth-order valence-electron chi connectivity index (χ4n) is 4.64. The summed E-state index contributed by atoms with van der Waals surface area (Å²) in [4.78, 5) is 56.9. The maximum atomic E-state index is 13.4. The number of carbonyl (C=O) groups excluding carboxylic acids is 4. The van der Waals surface area contributed by atoms with E-state index in [1.54, 1.807) is 45.0 Å². The number of fused-ring (bicyclic) bond motifs is 2. The smallest absolute Gasteiger partial charge is 0.356 e. The van der Waals surface area contributed by atoms with Crippen molar-refractivity contribution >= 4 is 35.5 Å². The van der Waals surface area contributed by atoms with Gasteiger partial charge in [0.1, 0.15) is 17.3 Å². The number of thioether (sulfide) groups is 1. The molecule has 1 saturated heterocycles. The number of amides is 3. The molecule has 2 atom stereocenters. The van der Waals surface area contributed by atoms with Gasteiger partial charge in [0.2, 0.25) is 0 Å². The lowest BCUT2D eigenvalue weighted by Crippen LogP contribution is -2.72. The molecule has 5 rings (SSSR count). The summed E-state index contributed by atoms with van der Waals surface area (Å²) in [6, 6.07) is 14.8. The normalized spacial score (nSPS) is 21.9. The minimum atomic E-state index is -0.923. The number of rotatable bonds is 4. The molecular weight excluding hydrogens is 452 g/mol. The first-order valence-corrected chi connectivity index (χ1v) is 12.0. The third-order valence-electron chi connectivity index (χ3n) is 6.04. The number of ether oxygens (including phenoxy) is 1. The molecule has 0 N–H and O–H groups in total. The molecule has 7 nitrogen and oxygen atoms in total. The van der Waals surface area contributed by atoms with Crippen LogP contribution in [0.25, 0.3) is 0 Å². The molecule has 2 aromatic carbocycles. The molecule has 3 aliphatic heterocycles. The van der Waals surface area contributed by atoms with Gasteiger partial charge in [0, 0.05) is 9.80 Å². The monoisotopic (exact) mass is 476 g/mol. The number of carbonyl (C=O) groups is 4. The zero-order chi connectivity index (χ0) is 24.2. The lowest BCUT2D eigenvalue weighted by Gasteiger charge is -2.52. The van der Waals surface area contributed by atoms with Crippen molar-refractivity contribution in [1.82, 2.24) is 9.80 Å². The molecule has 3 amide bonds. The summed E-state index contributed by atoms with van der Waals surface area (Å²) in [6.07, 6.45) is 1.06. The van der Waals surface area contributed by atoms with Gasteiger partial charge in [-0.3, -0.25) is 24.2 Å². The van der Waals surface area contributed by atoms with E-state index in [0.717, 1.165) is 14.7 Å². The van der Waals surface area contributed by atoms with Crippen LogP contribution in [0.15, 0.2) is 70.1 Å². The van der Waals surface area contributed by atoms with Gasteiger partial charge in [0.25, 0.3) is 17.7 Å². The Balaban J connectivity index is 1.48. The van der Waals surface area contributed by atoms with Crippen LogP contribution >= 0.6 is 11.8 Å². The van der Waals surface area contributed by atoms with E-state index in [1.807, 2.05) is 30.3 Å². The molecule has 174 valence electrons. The van der Waals surface area contributed by atoms with Crippen LogP contribution in [0, 0.1) is 0 Å². The van der Waals surface area contributed by atoms with Crippen molar-refractivity contribution in [2.75, 3.05) is 0 Å². The number of benzene rings is 2. The highest BCUT2D eigenvalue weighted by molar-refractivity contribution is 8.03. The van der Waals surface area contributed by atoms with Crippen LogP contribution in [0.4, 0.5) is 0 Å². The third-order valence-corrected chi connectivity index (χ3v) is 7.19. The molecule has 3 aliphatic rings. The molecule has 8 heteroatoms. The predicted octanol–water partition coefficient (Wildman–Crippen LogP) is 4.00. The van der Waals surface area contributed by atoms with Crippen LogP contribution in [0.5, 0.6) is 0 Å². The molecule has 34 heavy (non-hydrogen) atoms. The molecular formula is C26H24N2O5S. The van der Waals surface area contributed by atoms with Gasteiger partial charge < -0.3 is 4.74 Å². The fourth-order valence-corrected chi connectivity index (χ4v) is 5.71. The topological polar surface area (TPSA) is 84.0 Å². The van der Waals surface area contributed by atoms with Crippen LogP contribution in [-0.2, 0) is 14.3 Å². The van der Waals surface area contributed by atoms with E-state index >= 15 is 0 Å². The first kappa shape index (κ1) is 22.4. The van der Waals surface area contributed by atoms with Crippen molar-refractivity contribution in [3.8, 4) is 0 Å². The molecule has 0 radical (unpaired) electrons. The van der Waals surface area contributed by atoms with Crippen LogP contribution in [0.2, 0.25) is 0 Å². The lowest BCUT2D eigenvalue weighted by molar-refractivity contribution is -0.164. The van der Waals surface area contributed by atoms with Crippen molar-refractivity contribution < 1.29 is 23.9 Å². The van der Waals surface area contributed by atoms with E-state index in [-0.39, 0.29) is 5.70 Å².